The van der Waals surface area contributed by atoms with Crippen molar-refractivity contribution in [3.63, 3.8) is 0 Å². The minimum absolute atomic E-state index is 0.0135. The largest absolute Gasteiger partial charge is 0.349 e. The van der Waals surface area contributed by atoms with Crippen LogP contribution in [0.2, 0.25) is 0 Å². The molecule has 90 valence electrons. The van der Waals surface area contributed by atoms with Crippen molar-refractivity contribution >= 4 is 17.7 Å². The molecule has 0 spiro atoms. The third kappa shape index (κ3) is 2.23. The van der Waals surface area contributed by atoms with Crippen LogP contribution >= 0.6 is 11.8 Å². The highest BCUT2D eigenvalue weighted by molar-refractivity contribution is 7.99. The molecular formula is C11H14N4OS. The SMILES string of the molecule is O=C(NCc1cn2c(n1)SCC2)[C@@H]1C=CCN1. The molecule has 0 aliphatic carbocycles. The predicted octanol–water partition coefficient (Wildman–Crippen LogP) is 0.133. The molecule has 17 heavy (non-hydrogen) atoms. The van der Waals surface area contributed by atoms with Gasteiger partial charge >= 0.3 is 0 Å². The molecule has 2 aliphatic heterocycles. The number of imidazole rings is 1. The Balaban J connectivity index is 1.56. The van der Waals surface area contributed by atoms with E-state index in [2.05, 4.69) is 20.2 Å². The van der Waals surface area contributed by atoms with Crippen molar-refractivity contribution in [2.45, 2.75) is 24.3 Å². The van der Waals surface area contributed by atoms with E-state index in [-0.39, 0.29) is 11.9 Å². The molecule has 1 atom stereocenters. The number of aromatic nitrogens is 2. The Morgan fingerprint density at radius 1 is 1.71 bits per heavy atom. The average molecular weight is 250 g/mol. The number of nitrogens with one attached hydrogen (secondary N) is 2. The lowest BCUT2D eigenvalue weighted by atomic mass is 10.3. The fourth-order valence-corrected chi connectivity index (χ4v) is 2.94. The molecule has 0 saturated heterocycles. The molecule has 0 unspecified atom stereocenters. The van der Waals surface area contributed by atoms with Crippen LogP contribution in [0.4, 0.5) is 0 Å². The molecule has 1 amide bonds. The van der Waals surface area contributed by atoms with E-state index in [1.807, 2.05) is 18.3 Å². The van der Waals surface area contributed by atoms with Gasteiger partial charge in [-0.25, -0.2) is 4.98 Å². The third-order valence-corrected chi connectivity index (χ3v) is 3.83. The van der Waals surface area contributed by atoms with Gasteiger partial charge in [-0.2, -0.15) is 0 Å². The molecule has 3 heterocycles. The molecule has 0 radical (unpaired) electrons. The van der Waals surface area contributed by atoms with Gasteiger partial charge in [-0.3, -0.25) is 10.1 Å². The lowest BCUT2D eigenvalue weighted by Crippen LogP contribution is -2.40. The Morgan fingerprint density at radius 3 is 3.41 bits per heavy atom. The summed E-state index contributed by atoms with van der Waals surface area (Å²) in [6.07, 6.45) is 5.87. The fraction of sp³-hybridized carbons (Fsp3) is 0.455. The summed E-state index contributed by atoms with van der Waals surface area (Å²) in [5, 5.41) is 7.03. The van der Waals surface area contributed by atoms with E-state index in [0.29, 0.717) is 6.54 Å². The fourth-order valence-electron chi connectivity index (χ4n) is 1.98. The first-order valence-corrected chi connectivity index (χ1v) is 6.68. The summed E-state index contributed by atoms with van der Waals surface area (Å²) < 4.78 is 2.14. The summed E-state index contributed by atoms with van der Waals surface area (Å²) in [4.78, 5) is 16.2. The van der Waals surface area contributed by atoms with Gasteiger partial charge in [0.15, 0.2) is 5.16 Å². The van der Waals surface area contributed by atoms with Crippen LogP contribution in [0.5, 0.6) is 0 Å². The molecule has 0 saturated carbocycles. The molecule has 6 heteroatoms. The summed E-state index contributed by atoms with van der Waals surface area (Å²) in [6.45, 7) is 2.30. The second kappa shape index (κ2) is 4.54. The number of hydrogen-bond acceptors (Lipinski definition) is 4. The van der Waals surface area contributed by atoms with Crippen molar-refractivity contribution in [1.29, 1.82) is 0 Å². The normalized spacial score (nSPS) is 21.8. The highest BCUT2D eigenvalue weighted by Gasteiger charge is 2.18. The number of nitrogens with zero attached hydrogens (tertiary/aromatic N) is 2. The Kier molecular flexibility index (Phi) is 2.90. The zero-order valence-corrected chi connectivity index (χ0v) is 10.2. The molecular weight excluding hydrogens is 236 g/mol. The van der Waals surface area contributed by atoms with Gasteiger partial charge in [-0.1, -0.05) is 23.9 Å². The minimum atomic E-state index is -0.182. The lowest BCUT2D eigenvalue weighted by Gasteiger charge is -2.08. The molecule has 2 aliphatic rings. The maximum absolute atomic E-state index is 11.7. The summed E-state index contributed by atoms with van der Waals surface area (Å²) in [7, 11) is 0. The van der Waals surface area contributed by atoms with E-state index in [9.17, 15) is 4.79 Å². The Bertz CT molecular complexity index is 447. The van der Waals surface area contributed by atoms with Gasteiger partial charge in [0.2, 0.25) is 5.91 Å². The van der Waals surface area contributed by atoms with E-state index in [0.717, 1.165) is 29.7 Å². The van der Waals surface area contributed by atoms with Crippen LogP contribution in [0.3, 0.4) is 0 Å². The molecule has 5 nitrogen and oxygen atoms in total. The van der Waals surface area contributed by atoms with Gasteiger partial charge in [-0.05, 0) is 0 Å². The molecule has 0 aromatic carbocycles. The van der Waals surface area contributed by atoms with Gasteiger partial charge in [0.05, 0.1) is 12.2 Å². The molecule has 1 aromatic heterocycles. The van der Waals surface area contributed by atoms with E-state index in [1.165, 1.54) is 0 Å². The Labute approximate surface area is 104 Å². The van der Waals surface area contributed by atoms with Crippen molar-refractivity contribution in [2.75, 3.05) is 12.3 Å². The van der Waals surface area contributed by atoms with Gasteiger partial charge in [0.25, 0.3) is 0 Å². The van der Waals surface area contributed by atoms with Crippen molar-refractivity contribution in [2.24, 2.45) is 0 Å². The molecule has 3 rings (SSSR count). The van der Waals surface area contributed by atoms with Gasteiger partial charge in [0, 0.05) is 25.0 Å². The van der Waals surface area contributed by atoms with E-state index in [4.69, 9.17) is 0 Å². The number of carbonyl (C=O) groups is 1. The monoisotopic (exact) mass is 250 g/mol. The van der Waals surface area contributed by atoms with Crippen LogP contribution in [0.15, 0.2) is 23.5 Å². The summed E-state index contributed by atoms with van der Waals surface area (Å²) >= 11 is 1.76. The maximum Gasteiger partial charge on any atom is 0.241 e. The highest BCUT2D eigenvalue weighted by Crippen LogP contribution is 2.24. The number of amides is 1. The zero-order valence-electron chi connectivity index (χ0n) is 9.35. The summed E-state index contributed by atoms with van der Waals surface area (Å²) in [5.74, 6) is 1.12. The van der Waals surface area contributed by atoms with E-state index >= 15 is 0 Å². The average Bonchev–Trinajstić information content (AvgIpc) is 3.01. The van der Waals surface area contributed by atoms with E-state index in [1.54, 1.807) is 11.8 Å². The molecule has 1 aromatic rings. The molecule has 0 bridgehead atoms. The first-order valence-electron chi connectivity index (χ1n) is 5.69. The van der Waals surface area contributed by atoms with Gasteiger partial charge < -0.3 is 9.88 Å². The van der Waals surface area contributed by atoms with Crippen molar-refractivity contribution < 1.29 is 4.79 Å². The van der Waals surface area contributed by atoms with Crippen LogP contribution in [-0.2, 0) is 17.9 Å². The van der Waals surface area contributed by atoms with Crippen molar-refractivity contribution in [1.82, 2.24) is 20.2 Å². The van der Waals surface area contributed by atoms with Gasteiger partial charge in [0.1, 0.15) is 6.04 Å². The van der Waals surface area contributed by atoms with E-state index < -0.39 is 0 Å². The van der Waals surface area contributed by atoms with Crippen LogP contribution in [0.25, 0.3) is 0 Å². The van der Waals surface area contributed by atoms with Crippen molar-refractivity contribution in [3.8, 4) is 0 Å². The smallest absolute Gasteiger partial charge is 0.241 e. The number of rotatable bonds is 3. The highest BCUT2D eigenvalue weighted by atomic mass is 32.2. The second-order valence-electron chi connectivity index (χ2n) is 4.09. The van der Waals surface area contributed by atoms with Crippen molar-refractivity contribution in [3.05, 3.63) is 24.0 Å². The summed E-state index contributed by atoms with van der Waals surface area (Å²) in [6, 6.07) is -0.182. The second-order valence-corrected chi connectivity index (χ2v) is 5.15. The minimum Gasteiger partial charge on any atom is -0.349 e. The predicted molar refractivity (Wildman–Crippen MR) is 65.7 cm³/mol. The van der Waals surface area contributed by atoms with Crippen LogP contribution in [-0.4, -0.2) is 33.8 Å². The molecule has 0 fully saturated rings. The Morgan fingerprint density at radius 2 is 2.65 bits per heavy atom. The number of carbonyl (C=O) groups excluding carboxylic acids is 1. The number of fused-ring (bicyclic) bond motifs is 1. The number of hydrogen-bond donors (Lipinski definition) is 2. The standard InChI is InChI=1S/C11H14N4OS/c16-10(9-2-1-3-12-9)13-6-8-7-15-4-5-17-11(15)14-8/h1-2,7,9,12H,3-6H2,(H,13,16)/t9-/m0/s1. The molecule has 2 N–H and O–H groups in total. The quantitative estimate of drug-likeness (QED) is 0.749. The maximum atomic E-state index is 11.7. The lowest BCUT2D eigenvalue weighted by molar-refractivity contribution is -0.122. The number of thioether (sulfide) groups is 1. The van der Waals surface area contributed by atoms with Gasteiger partial charge in [-0.15, -0.1) is 0 Å². The first-order chi connectivity index (χ1) is 8.33. The topological polar surface area (TPSA) is 59.0 Å². The number of aryl methyl sites for hydroxylation is 1. The zero-order chi connectivity index (χ0) is 11.7. The van der Waals surface area contributed by atoms with Crippen LogP contribution in [0, 0.1) is 0 Å². The first kappa shape index (κ1) is 10.9. The van der Waals surface area contributed by atoms with Crippen LogP contribution < -0.4 is 10.6 Å². The third-order valence-electron chi connectivity index (χ3n) is 2.86. The Hall–Kier alpha value is -1.27. The van der Waals surface area contributed by atoms with Crippen LogP contribution in [0.1, 0.15) is 5.69 Å². The summed E-state index contributed by atoms with van der Waals surface area (Å²) in [5.41, 5.74) is 0.933.